The topological polar surface area (TPSA) is 0 Å². The van der Waals surface area contributed by atoms with Crippen LogP contribution in [0.15, 0.2) is 143 Å². The molecule has 0 aromatic heterocycles. The first-order valence-corrected chi connectivity index (χ1v) is 16.6. The molecule has 0 aliphatic heterocycles. The van der Waals surface area contributed by atoms with Gasteiger partial charge in [-0.05, 0) is 93.0 Å². The van der Waals surface area contributed by atoms with Crippen molar-refractivity contribution in [2.75, 3.05) is 0 Å². The quantitative estimate of drug-likeness (QED) is 0.165. The van der Waals surface area contributed by atoms with Crippen molar-refractivity contribution in [3.8, 4) is 44.5 Å². The molecule has 44 heavy (non-hydrogen) atoms. The van der Waals surface area contributed by atoms with E-state index in [1.165, 1.54) is 12.1 Å². The van der Waals surface area contributed by atoms with Gasteiger partial charge in [-0.2, -0.15) is 0 Å². The van der Waals surface area contributed by atoms with E-state index in [2.05, 4.69) is 0 Å². The van der Waals surface area contributed by atoms with Crippen LogP contribution >= 0.6 is 20.4 Å². The van der Waals surface area contributed by atoms with Gasteiger partial charge in [0.1, 0.15) is 9.79 Å². The van der Waals surface area contributed by atoms with Crippen LogP contribution in [0.4, 0.5) is 38.9 Å². The van der Waals surface area contributed by atoms with Crippen LogP contribution in [0, 0.1) is 0 Å². The van der Waals surface area contributed by atoms with Crippen molar-refractivity contribution in [1.82, 2.24) is 0 Å². The molecule has 2 aromatic carbocycles. The van der Waals surface area contributed by atoms with Crippen LogP contribution in [0.1, 0.15) is 0 Å². The first-order valence-electron chi connectivity index (χ1n) is 12.7. The lowest BCUT2D eigenvalue weighted by molar-refractivity contribution is 0.360. The van der Waals surface area contributed by atoms with E-state index in [0.29, 0.717) is 35.4 Å². The molecule has 0 nitrogen and oxygen atoms in total. The van der Waals surface area contributed by atoms with Gasteiger partial charge in [0.15, 0.2) is 0 Å². The fourth-order valence-corrected chi connectivity index (χ4v) is 5.96. The first-order chi connectivity index (χ1) is 20.1. The number of fused-ring (bicyclic) bond motifs is 2. The molecule has 6 rings (SSSR count). The number of hydrogen-bond donors (Lipinski definition) is 0. The lowest BCUT2D eigenvalue weighted by Crippen LogP contribution is -2.05. The second-order valence-corrected chi connectivity index (χ2v) is 14.9. The number of benzene rings is 2. The summed E-state index contributed by atoms with van der Waals surface area (Å²) >= 11 is 0. The number of halogens is 10. The molecule has 0 radical (unpaired) electrons. The monoisotopic (exact) mass is 660 g/mol. The van der Waals surface area contributed by atoms with Gasteiger partial charge in [0.2, 0.25) is 0 Å². The SMILES string of the molecule is FS(F)(F)(F)(F)c1cccc(-c2cc3cccccc-3c2)c1.FS(F)(F)(F)(F)c1cccc(-c2cc3cccccc-3c2)c1. The van der Waals surface area contributed by atoms with Crippen LogP contribution in [-0.4, -0.2) is 0 Å². The third-order valence-electron chi connectivity index (χ3n) is 6.68. The number of hydrogen-bond acceptors (Lipinski definition) is 0. The lowest BCUT2D eigenvalue weighted by atomic mass is 10.1. The Balaban J connectivity index is 0.000000175. The second kappa shape index (κ2) is 9.18. The first kappa shape index (κ1) is 31.3. The lowest BCUT2D eigenvalue weighted by Gasteiger charge is -2.40. The van der Waals surface area contributed by atoms with E-state index < -0.39 is 30.2 Å². The molecule has 0 N–H and O–H groups in total. The Hall–Kier alpha value is -4.16. The molecule has 0 atom stereocenters. The molecule has 0 amide bonds. The fourth-order valence-electron chi connectivity index (χ4n) is 4.59. The summed E-state index contributed by atoms with van der Waals surface area (Å²) in [6.07, 6.45) is 0. The molecule has 0 unspecified atom stereocenters. The summed E-state index contributed by atoms with van der Waals surface area (Å²) in [6.45, 7) is 0. The molecule has 0 heterocycles. The summed E-state index contributed by atoms with van der Waals surface area (Å²) in [5.41, 5.74) is 4.51. The Bertz CT molecular complexity index is 1730. The molecular weight excluding hydrogens is 638 g/mol. The highest BCUT2D eigenvalue weighted by Gasteiger charge is 2.66. The molecule has 0 bridgehead atoms. The summed E-state index contributed by atoms with van der Waals surface area (Å²) in [5.74, 6) is 0. The molecule has 232 valence electrons. The Morgan fingerprint density at radius 2 is 0.500 bits per heavy atom. The predicted octanol–water partition coefficient (Wildman–Crippen LogP) is 14.2. The summed E-state index contributed by atoms with van der Waals surface area (Å²) in [5, 5.41) is 0. The Kier molecular flexibility index (Phi) is 6.52. The third kappa shape index (κ3) is 7.31. The average Bonchev–Trinajstić information content (AvgIpc) is 3.35. The highest BCUT2D eigenvalue weighted by Crippen LogP contribution is 3.02. The van der Waals surface area contributed by atoms with Gasteiger partial charge in [0.25, 0.3) is 0 Å². The standard InChI is InChI=1S/2C16H11F5S/c2*17-22(18,19,20,21)16-8-4-7-14(11-16)15-9-12-5-2-1-3-6-13(12)10-15/h2*1-11H. The zero-order valence-electron chi connectivity index (χ0n) is 22.3. The Morgan fingerprint density at radius 3 is 0.773 bits per heavy atom. The Morgan fingerprint density at radius 1 is 0.250 bits per heavy atom. The van der Waals surface area contributed by atoms with Crippen LogP contribution in [-0.2, 0) is 0 Å². The summed E-state index contributed by atoms with van der Waals surface area (Å²) in [7, 11) is -19.3. The highest BCUT2D eigenvalue weighted by atomic mass is 32.5. The van der Waals surface area contributed by atoms with Crippen LogP contribution < -0.4 is 0 Å². The molecule has 0 saturated heterocycles. The summed E-state index contributed by atoms with van der Waals surface area (Å²) < 4.78 is 129. The van der Waals surface area contributed by atoms with Gasteiger partial charge in [-0.1, -0.05) is 124 Å². The zero-order valence-corrected chi connectivity index (χ0v) is 23.9. The molecular formula is C32H22F10S2. The minimum absolute atomic E-state index is 0.115. The molecule has 4 aliphatic rings. The minimum Gasteiger partial charge on any atom is -0.0936 e. The molecule has 12 heteroatoms. The van der Waals surface area contributed by atoms with Crippen molar-refractivity contribution in [2.24, 2.45) is 0 Å². The number of rotatable bonds is 4. The van der Waals surface area contributed by atoms with Crippen LogP contribution in [0.5, 0.6) is 0 Å². The molecule has 2 aromatic rings. The van der Waals surface area contributed by atoms with Crippen molar-refractivity contribution in [2.45, 2.75) is 9.79 Å². The van der Waals surface area contributed by atoms with E-state index in [1.807, 2.05) is 36.4 Å². The van der Waals surface area contributed by atoms with Gasteiger partial charge < -0.3 is 0 Å². The molecule has 4 aliphatic carbocycles. The van der Waals surface area contributed by atoms with Crippen LogP contribution in [0.2, 0.25) is 0 Å². The van der Waals surface area contributed by atoms with Crippen LogP contribution in [0.3, 0.4) is 0 Å². The van der Waals surface area contributed by atoms with E-state index in [-0.39, 0.29) is 11.1 Å². The van der Waals surface area contributed by atoms with E-state index in [0.717, 1.165) is 34.4 Å². The highest BCUT2D eigenvalue weighted by molar-refractivity contribution is 8.46. The van der Waals surface area contributed by atoms with Gasteiger partial charge in [0.05, 0.1) is 0 Å². The van der Waals surface area contributed by atoms with Crippen molar-refractivity contribution < 1.29 is 38.9 Å². The molecule has 0 saturated carbocycles. The maximum atomic E-state index is 12.9. The van der Waals surface area contributed by atoms with E-state index in [1.54, 1.807) is 48.5 Å². The summed E-state index contributed by atoms with van der Waals surface area (Å²) in [6, 6.07) is 31.5. The maximum Gasteiger partial charge on any atom is 0.310 e. The van der Waals surface area contributed by atoms with Crippen molar-refractivity contribution in [3.05, 3.63) is 133 Å². The maximum absolute atomic E-state index is 12.9. The van der Waals surface area contributed by atoms with Crippen molar-refractivity contribution in [1.29, 1.82) is 0 Å². The van der Waals surface area contributed by atoms with Crippen molar-refractivity contribution >= 4 is 20.4 Å². The average molecular weight is 661 g/mol. The fraction of sp³-hybridized carbons (Fsp3) is 0. The smallest absolute Gasteiger partial charge is 0.0936 e. The zero-order chi connectivity index (χ0) is 32.1. The largest absolute Gasteiger partial charge is 0.310 e. The third-order valence-corrected chi connectivity index (χ3v) is 8.97. The van der Waals surface area contributed by atoms with Crippen LogP contribution in [0.25, 0.3) is 44.5 Å². The van der Waals surface area contributed by atoms with Gasteiger partial charge in [-0.15, -0.1) is 0 Å². The second-order valence-electron chi connectivity index (χ2n) is 10.1. The van der Waals surface area contributed by atoms with Gasteiger partial charge >= 0.3 is 20.4 Å². The van der Waals surface area contributed by atoms with E-state index in [9.17, 15) is 38.9 Å². The van der Waals surface area contributed by atoms with Gasteiger partial charge in [-0.25, -0.2) is 0 Å². The minimum atomic E-state index is -9.66. The van der Waals surface area contributed by atoms with E-state index >= 15 is 0 Å². The van der Waals surface area contributed by atoms with E-state index in [4.69, 9.17) is 0 Å². The van der Waals surface area contributed by atoms with Crippen molar-refractivity contribution in [3.63, 3.8) is 0 Å². The molecule has 0 spiro atoms. The predicted molar refractivity (Wildman–Crippen MR) is 160 cm³/mol. The summed E-state index contributed by atoms with van der Waals surface area (Å²) in [4.78, 5) is -3.73. The van der Waals surface area contributed by atoms with Gasteiger partial charge in [0, 0.05) is 0 Å². The molecule has 0 fully saturated rings. The normalized spacial score (nSPS) is 15.3. The Labute approximate surface area is 246 Å². The van der Waals surface area contributed by atoms with Gasteiger partial charge in [-0.3, -0.25) is 0 Å².